The summed E-state index contributed by atoms with van der Waals surface area (Å²) in [7, 11) is -2.41. The summed E-state index contributed by atoms with van der Waals surface area (Å²) in [5, 5.41) is 4.95. The zero-order valence-electron chi connectivity index (χ0n) is 7.44. The molecule has 5 nitrogen and oxygen atoms in total. The number of benzene rings is 1. The zero-order valence-corrected chi connectivity index (χ0v) is 9.84. The Kier molecular flexibility index (Phi) is 3.03. The van der Waals surface area contributed by atoms with Crippen LogP contribution in [-0.4, -0.2) is 15.5 Å². The molecule has 0 aromatic heterocycles. The van der Waals surface area contributed by atoms with Gasteiger partial charge < -0.3 is 5.73 Å². The highest BCUT2D eigenvalue weighted by molar-refractivity contribution is 9.10. The Labute approximate surface area is 91.0 Å². The minimum absolute atomic E-state index is 0.343. The predicted octanol–water partition coefficient (Wildman–Crippen LogP) is 0.671. The highest BCUT2D eigenvalue weighted by atomic mass is 79.9. The highest BCUT2D eigenvalue weighted by Gasteiger charge is 2.14. The number of nitrogens with zero attached hydrogens (tertiary/aromatic N) is 1. The number of halogens is 1. The minimum Gasteiger partial charge on any atom is -0.397 e. The van der Waals surface area contributed by atoms with Crippen LogP contribution in [0.1, 0.15) is 0 Å². The Balaban J connectivity index is 3.21. The third-order valence-electron chi connectivity index (χ3n) is 1.71. The Bertz CT molecular complexity index is 446. The van der Waals surface area contributed by atoms with Crippen molar-refractivity contribution in [2.24, 2.45) is 5.14 Å². The van der Waals surface area contributed by atoms with E-state index in [1.807, 2.05) is 0 Å². The molecular formula is C7H10BrN3O2S. The fourth-order valence-electron chi connectivity index (χ4n) is 0.949. The minimum atomic E-state index is -3.75. The van der Waals surface area contributed by atoms with Crippen LogP contribution in [0.25, 0.3) is 0 Å². The van der Waals surface area contributed by atoms with Gasteiger partial charge in [-0.25, -0.2) is 5.14 Å². The Hall–Kier alpha value is -0.790. The maximum atomic E-state index is 11.0. The summed E-state index contributed by atoms with van der Waals surface area (Å²) < 4.78 is 23.7. The van der Waals surface area contributed by atoms with Crippen molar-refractivity contribution in [1.82, 2.24) is 0 Å². The highest BCUT2D eigenvalue weighted by Crippen LogP contribution is 2.26. The van der Waals surface area contributed by atoms with Crippen molar-refractivity contribution >= 4 is 37.5 Å². The van der Waals surface area contributed by atoms with Crippen molar-refractivity contribution in [3.63, 3.8) is 0 Å². The monoisotopic (exact) mass is 279 g/mol. The van der Waals surface area contributed by atoms with Gasteiger partial charge in [0.25, 0.3) is 10.2 Å². The number of nitrogen functional groups attached to an aromatic ring is 1. The van der Waals surface area contributed by atoms with Crippen molar-refractivity contribution < 1.29 is 8.42 Å². The molecule has 0 fully saturated rings. The average molecular weight is 280 g/mol. The summed E-state index contributed by atoms with van der Waals surface area (Å²) in [5.41, 5.74) is 6.33. The van der Waals surface area contributed by atoms with E-state index in [2.05, 4.69) is 15.9 Å². The molecule has 78 valence electrons. The smallest absolute Gasteiger partial charge is 0.298 e. The van der Waals surface area contributed by atoms with Crippen LogP contribution < -0.4 is 15.2 Å². The van der Waals surface area contributed by atoms with Crippen LogP contribution in [0.2, 0.25) is 0 Å². The summed E-state index contributed by atoms with van der Waals surface area (Å²) in [6, 6.07) is 4.87. The first-order chi connectivity index (χ1) is 6.32. The third kappa shape index (κ3) is 2.37. The Morgan fingerprint density at radius 3 is 2.43 bits per heavy atom. The van der Waals surface area contributed by atoms with Gasteiger partial charge in [-0.15, -0.1) is 0 Å². The van der Waals surface area contributed by atoms with Crippen LogP contribution >= 0.6 is 15.9 Å². The van der Waals surface area contributed by atoms with Gasteiger partial charge in [-0.3, -0.25) is 4.31 Å². The Morgan fingerprint density at radius 2 is 2.00 bits per heavy atom. The van der Waals surface area contributed by atoms with Gasteiger partial charge in [-0.2, -0.15) is 8.42 Å². The lowest BCUT2D eigenvalue weighted by Crippen LogP contribution is -2.33. The van der Waals surface area contributed by atoms with Crippen molar-refractivity contribution in [3.8, 4) is 0 Å². The molecule has 0 saturated heterocycles. The summed E-state index contributed by atoms with van der Waals surface area (Å²) in [6.45, 7) is 0. The van der Waals surface area contributed by atoms with Crippen molar-refractivity contribution in [3.05, 3.63) is 22.7 Å². The summed E-state index contributed by atoms with van der Waals surface area (Å²) in [6.07, 6.45) is 0. The zero-order chi connectivity index (χ0) is 10.9. The fraction of sp³-hybridized carbons (Fsp3) is 0.143. The second-order valence-corrected chi connectivity index (χ2v) is 5.21. The molecule has 0 bridgehead atoms. The van der Waals surface area contributed by atoms with Gasteiger partial charge in [0.05, 0.1) is 11.4 Å². The predicted molar refractivity (Wildman–Crippen MR) is 60.1 cm³/mol. The molecule has 0 atom stereocenters. The molecule has 1 aromatic rings. The van der Waals surface area contributed by atoms with Crippen LogP contribution in [0.5, 0.6) is 0 Å². The van der Waals surface area contributed by atoms with E-state index in [9.17, 15) is 8.42 Å². The molecule has 0 heterocycles. The number of anilines is 2. The quantitative estimate of drug-likeness (QED) is 0.780. The average Bonchev–Trinajstić information content (AvgIpc) is 2.01. The van der Waals surface area contributed by atoms with Crippen molar-refractivity contribution in [2.75, 3.05) is 17.1 Å². The standard InChI is InChI=1S/C7H10BrN3O2S/c1-11(14(10,12)13)7-3-2-5(8)4-6(7)9/h2-4H,9H2,1H3,(H2,10,12,13). The first-order valence-corrected chi connectivity index (χ1v) is 5.93. The van der Waals surface area contributed by atoms with E-state index < -0.39 is 10.2 Å². The van der Waals surface area contributed by atoms with Crippen molar-refractivity contribution in [2.45, 2.75) is 0 Å². The SMILES string of the molecule is CN(c1ccc(Br)cc1N)S(N)(=O)=O. The topological polar surface area (TPSA) is 89.4 Å². The van der Waals surface area contributed by atoms with Crippen molar-refractivity contribution in [1.29, 1.82) is 0 Å². The van der Waals surface area contributed by atoms with E-state index in [1.54, 1.807) is 18.2 Å². The molecule has 1 rings (SSSR count). The van der Waals surface area contributed by atoms with Crippen LogP contribution in [0.3, 0.4) is 0 Å². The van der Waals surface area contributed by atoms with E-state index in [-0.39, 0.29) is 0 Å². The van der Waals surface area contributed by atoms with E-state index in [0.29, 0.717) is 11.4 Å². The summed E-state index contributed by atoms with van der Waals surface area (Å²) in [4.78, 5) is 0. The molecule has 0 radical (unpaired) electrons. The second kappa shape index (κ2) is 3.76. The van der Waals surface area contributed by atoms with Gasteiger partial charge in [0, 0.05) is 11.5 Å². The van der Waals surface area contributed by atoms with Crippen LogP contribution in [0.4, 0.5) is 11.4 Å². The Morgan fingerprint density at radius 1 is 1.43 bits per heavy atom. The molecule has 4 N–H and O–H groups in total. The largest absolute Gasteiger partial charge is 0.397 e. The van der Waals surface area contributed by atoms with E-state index in [4.69, 9.17) is 10.9 Å². The van der Waals surface area contributed by atoms with Gasteiger partial charge in [-0.05, 0) is 18.2 Å². The van der Waals surface area contributed by atoms with Gasteiger partial charge in [0.2, 0.25) is 0 Å². The molecular weight excluding hydrogens is 270 g/mol. The molecule has 0 aliphatic carbocycles. The molecule has 1 aromatic carbocycles. The second-order valence-electron chi connectivity index (χ2n) is 2.72. The number of hydrogen-bond acceptors (Lipinski definition) is 3. The van der Waals surface area contributed by atoms with Gasteiger partial charge in [0.15, 0.2) is 0 Å². The van der Waals surface area contributed by atoms with Gasteiger partial charge >= 0.3 is 0 Å². The maximum Gasteiger partial charge on any atom is 0.298 e. The fourth-order valence-corrected chi connectivity index (χ4v) is 1.77. The lowest BCUT2D eigenvalue weighted by Gasteiger charge is -2.17. The summed E-state index contributed by atoms with van der Waals surface area (Å²) >= 11 is 3.22. The van der Waals surface area contributed by atoms with Crippen LogP contribution in [-0.2, 0) is 10.2 Å². The normalized spacial score (nSPS) is 11.4. The number of rotatable bonds is 2. The lowest BCUT2D eigenvalue weighted by atomic mass is 10.3. The molecule has 0 unspecified atom stereocenters. The van der Waals surface area contributed by atoms with E-state index in [0.717, 1.165) is 8.78 Å². The van der Waals surface area contributed by atoms with E-state index >= 15 is 0 Å². The summed E-state index contributed by atoms with van der Waals surface area (Å²) in [5.74, 6) is 0. The molecule has 7 heteroatoms. The first kappa shape index (κ1) is 11.3. The van der Waals surface area contributed by atoms with Gasteiger partial charge in [0.1, 0.15) is 0 Å². The first-order valence-electron chi connectivity index (χ1n) is 3.64. The third-order valence-corrected chi connectivity index (χ3v) is 3.16. The van der Waals surface area contributed by atoms with E-state index in [1.165, 1.54) is 7.05 Å². The maximum absolute atomic E-state index is 11.0. The van der Waals surface area contributed by atoms with Crippen LogP contribution in [0.15, 0.2) is 22.7 Å². The van der Waals surface area contributed by atoms with Crippen LogP contribution in [0, 0.1) is 0 Å². The molecule has 0 aliphatic rings. The molecule has 14 heavy (non-hydrogen) atoms. The molecule has 0 saturated carbocycles. The lowest BCUT2D eigenvalue weighted by molar-refractivity contribution is 0.596. The number of hydrogen-bond donors (Lipinski definition) is 2. The van der Waals surface area contributed by atoms with Gasteiger partial charge in [-0.1, -0.05) is 15.9 Å². The molecule has 0 aliphatic heterocycles. The number of nitrogens with two attached hydrogens (primary N) is 2. The molecule has 0 spiro atoms. The molecule has 0 amide bonds.